The fourth-order valence-corrected chi connectivity index (χ4v) is 2.46. The lowest BCUT2D eigenvalue weighted by Gasteiger charge is -1.98. The molecule has 0 radical (unpaired) electrons. The van der Waals surface area contributed by atoms with Crippen molar-refractivity contribution in [2.24, 2.45) is 0 Å². The number of hydrogen-bond donors (Lipinski definition) is 0. The molecule has 3 heterocycles. The van der Waals surface area contributed by atoms with Crippen LogP contribution in [0.25, 0.3) is 10.2 Å². The van der Waals surface area contributed by atoms with Gasteiger partial charge in [-0.2, -0.15) is 0 Å². The maximum absolute atomic E-state index is 12.0. The van der Waals surface area contributed by atoms with Crippen molar-refractivity contribution in [2.75, 3.05) is 0 Å². The number of rotatable bonds is 3. The van der Waals surface area contributed by atoms with E-state index in [0.717, 1.165) is 15.8 Å². The van der Waals surface area contributed by atoms with Gasteiger partial charge in [-0.25, -0.2) is 0 Å². The first-order valence-electron chi connectivity index (χ1n) is 5.20. The van der Waals surface area contributed by atoms with Crippen LogP contribution in [-0.2, 0) is 6.42 Å². The van der Waals surface area contributed by atoms with Gasteiger partial charge in [0, 0.05) is 18.2 Å². The lowest BCUT2D eigenvalue weighted by Crippen LogP contribution is -2.02. The zero-order valence-corrected chi connectivity index (χ0v) is 9.74. The van der Waals surface area contributed by atoms with Gasteiger partial charge in [-0.1, -0.05) is 0 Å². The monoisotopic (exact) mass is 243 g/mol. The van der Waals surface area contributed by atoms with Gasteiger partial charge in [-0.05, 0) is 29.1 Å². The van der Waals surface area contributed by atoms with E-state index in [0.29, 0.717) is 12.0 Å². The van der Waals surface area contributed by atoms with E-state index >= 15 is 0 Å². The van der Waals surface area contributed by atoms with Crippen LogP contribution >= 0.6 is 11.3 Å². The van der Waals surface area contributed by atoms with E-state index in [1.165, 1.54) is 0 Å². The van der Waals surface area contributed by atoms with Crippen molar-refractivity contribution in [3.05, 3.63) is 53.4 Å². The quantitative estimate of drug-likeness (QED) is 0.663. The van der Waals surface area contributed by atoms with Crippen molar-refractivity contribution in [1.29, 1.82) is 0 Å². The molecule has 17 heavy (non-hydrogen) atoms. The number of nitrogens with zero attached hydrogens (tertiary/aromatic N) is 1. The molecular weight excluding hydrogens is 234 g/mol. The van der Waals surface area contributed by atoms with Crippen LogP contribution in [0, 0.1) is 0 Å². The van der Waals surface area contributed by atoms with Crippen LogP contribution in [0.1, 0.15) is 15.9 Å². The predicted molar refractivity (Wildman–Crippen MR) is 66.4 cm³/mol. The minimum Gasteiger partial charge on any atom is -0.472 e. The molecule has 3 aromatic heterocycles. The number of Topliss-reactive ketones (excluding diaryl/α,β-unsaturated/α-hetero) is 1. The highest BCUT2D eigenvalue weighted by Crippen LogP contribution is 2.20. The Labute approximate surface area is 102 Å². The molecule has 0 saturated carbocycles. The molecule has 3 rings (SSSR count). The average molecular weight is 243 g/mol. The second kappa shape index (κ2) is 4.14. The number of hydrogen-bond acceptors (Lipinski definition) is 4. The molecule has 0 aliphatic rings. The summed E-state index contributed by atoms with van der Waals surface area (Å²) in [5.41, 5.74) is 2.48. The molecule has 0 aliphatic heterocycles. The number of thiophene rings is 1. The van der Waals surface area contributed by atoms with Gasteiger partial charge in [0.1, 0.15) is 0 Å². The minimum atomic E-state index is 0.0641. The molecule has 0 aliphatic carbocycles. The minimum absolute atomic E-state index is 0.0641. The summed E-state index contributed by atoms with van der Waals surface area (Å²) in [6, 6.07) is 5.65. The van der Waals surface area contributed by atoms with E-state index in [2.05, 4.69) is 4.98 Å². The molecule has 0 N–H and O–H groups in total. The third-order valence-corrected chi connectivity index (χ3v) is 3.42. The Morgan fingerprint density at radius 3 is 3.18 bits per heavy atom. The summed E-state index contributed by atoms with van der Waals surface area (Å²) in [6.07, 6.45) is 5.16. The second-order valence-corrected chi connectivity index (χ2v) is 4.71. The van der Waals surface area contributed by atoms with Crippen molar-refractivity contribution < 1.29 is 9.21 Å². The molecule has 4 heteroatoms. The number of furan rings is 1. The van der Waals surface area contributed by atoms with Crippen LogP contribution < -0.4 is 0 Å². The van der Waals surface area contributed by atoms with Gasteiger partial charge < -0.3 is 4.42 Å². The Morgan fingerprint density at radius 1 is 1.41 bits per heavy atom. The molecule has 3 nitrogen and oxygen atoms in total. The Balaban J connectivity index is 1.90. The van der Waals surface area contributed by atoms with Crippen LogP contribution in [0.15, 0.2) is 46.7 Å². The molecule has 0 saturated heterocycles. The van der Waals surface area contributed by atoms with Gasteiger partial charge in [0.25, 0.3) is 0 Å². The van der Waals surface area contributed by atoms with E-state index < -0.39 is 0 Å². The number of pyridine rings is 1. The molecule has 0 amide bonds. The number of ketones is 1. The zero-order valence-electron chi connectivity index (χ0n) is 8.92. The summed E-state index contributed by atoms with van der Waals surface area (Å²) in [5, 5.41) is 1.97. The highest BCUT2D eigenvalue weighted by Gasteiger charge is 2.09. The Morgan fingerprint density at radius 2 is 2.35 bits per heavy atom. The maximum atomic E-state index is 12.0. The van der Waals surface area contributed by atoms with Crippen LogP contribution in [0.5, 0.6) is 0 Å². The first-order valence-corrected chi connectivity index (χ1v) is 6.08. The normalized spacial score (nSPS) is 10.8. The summed E-state index contributed by atoms with van der Waals surface area (Å²) in [5.74, 6) is 0.0641. The fourth-order valence-electron chi connectivity index (χ4n) is 1.68. The molecule has 84 valence electrons. The van der Waals surface area contributed by atoms with Crippen molar-refractivity contribution in [1.82, 2.24) is 4.98 Å². The Hall–Kier alpha value is -1.94. The lowest BCUT2D eigenvalue weighted by molar-refractivity contribution is 0.0992. The number of carbonyl (C=O) groups excluding carboxylic acids is 1. The highest BCUT2D eigenvalue weighted by atomic mass is 32.1. The third kappa shape index (κ3) is 1.99. The first kappa shape index (κ1) is 10.2. The summed E-state index contributed by atoms with van der Waals surface area (Å²) >= 11 is 1.59. The molecule has 0 atom stereocenters. The Kier molecular flexibility index (Phi) is 2.49. The Bertz CT molecular complexity index is 655. The van der Waals surface area contributed by atoms with Crippen molar-refractivity contribution in [3.8, 4) is 0 Å². The number of fused-ring (bicyclic) bond motifs is 1. The van der Waals surface area contributed by atoms with Crippen LogP contribution in [0.2, 0.25) is 0 Å². The van der Waals surface area contributed by atoms with Gasteiger partial charge in [-0.3, -0.25) is 9.78 Å². The molecule has 0 unspecified atom stereocenters. The standard InChI is InChI=1S/C13H9NO2S/c15-12(5-9-1-3-16-8-9)10-6-13-11(14-7-10)2-4-17-13/h1-4,6-8H,5H2. The zero-order chi connectivity index (χ0) is 11.7. The second-order valence-electron chi connectivity index (χ2n) is 3.76. The van der Waals surface area contributed by atoms with Crippen molar-refractivity contribution in [2.45, 2.75) is 6.42 Å². The van der Waals surface area contributed by atoms with Gasteiger partial charge in [-0.15, -0.1) is 11.3 Å². The highest BCUT2D eigenvalue weighted by molar-refractivity contribution is 7.17. The fraction of sp³-hybridized carbons (Fsp3) is 0.0769. The van der Waals surface area contributed by atoms with Crippen LogP contribution in [-0.4, -0.2) is 10.8 Å². The van der Waals surface area contributed by atoms with Gasteiger partial charge in [0.2, 0.25) is 0 Å². The molecule has 0 spiro atoms. The molecule has 0 bridgehead atoms. The number of aromatic nitrogens is 1. The van der Waals surface area contributed by atoms with E-state index in [1.807, 2.05) is 17.5 Å². The lowest BCUT2D eigenvalue weighted by atomic mass is 10.1. The van der Waals surface area contributed by atoms with Gasteiger partial charge in [0.05, 0.1) is 22.7 Å². The smallest absolute Gasteiger partial charge is 0.168 e. The molecule has 0 aromatic carbocycles. The molecule has 0 fully saturated rings. The molecule has 3 aromatic rings. The van der Waals surface area contributed by atoms with Gasteiger partial charge >= 0.3 is 0 Å². The van der Waals surface area contributed by atoms with Gasteiger partial charge in [0.15, 0.2) is 5.78 Å². The predicted octanol–water partition coefficient (Wildman–Crippen LogP) is 3.31. The van der Waals surface area contributed by atoms with Crippen LogP contribution in [0.4, 0.5) is 0 Å². The van der Waals surface area contributed by atoms with Crippen molar-refractivity contribution >= 4 is 27.3 Å². The van der Waals surface area contributed by atoms with E-state index in [9.17, 15) is 4.79 Å². The average Bonchev–Trinajstić information content (AvgIpc) is 2.97. The molecular formula is C13H9NO2S. The summed E-state index contributed by atoms with van der Waals surface area (Å²) in [7, 11) is 0. The van der Waals surface area contributed by atoms with E-state index in [1.54, 1.807) is 36.1 Å². The first-order chi connectivity index (χ1) is 8.33. The SMILES string of the molecule is O=C(Cc1ccoc1)c1cnc2ccsc2c1. The van der Waals surface area contributed by atoms with E-state index in [-0.39, 0.29) is 5.78 Å². The number of carbonyl (C=O) groups is 1. The van der Waals surface area contributed by atoms with Crippen LogP contribution in [0.3, 0.4) is 0 Å². The topological polar surface area (TPSA) is 43.1 Å². The summed E-state index contributed by atoms with van der Waals surface area (Å²) < 4.78 is 5.99. The van der Waals surface area contributed by atoms with Crippen molar-refractivity contribution in [3.63, 3.8) is 0 Å². The third-order valence-electron chi connectivity index (χ3n) is 2.57. The largest absolute Gasteiger partial charge is 0.472 e. The summed E-state index contributed by atoms with van der Waals surface area (Å²) in [4.78, 5) is 16.3. The summed E-state index contributed by atoms with van der Waals surface area (Å²) in [6.45, 7) is 0. The van der Waals surface area contributed by atoms with E-state index in [4.69, 9.17) is 4.42 Å². The maximum Gasteiger partial charge on any atom is 0.168 e.